The lowest BCUT2D eigenvalue weighted by Gasteiger charge is -2.35. The van der Waals surface area contributed by atoms with Crippen molar-refractivity contribution < 1.29 is 53.6 Å². The van der Waals surface area contributed by atoms with E-state index in [2.05, 4.69) is 10.3 Å². The molecule has 61 heavy (non-hydrogen) atoms. The quantitative estimate of drug-likeness (QED) is 0.0358. The van der Waals surface area contributed by atoms with E-state index < -0.39 is 48.7 Å². The van der Waals surface area contributed by atoms with Gasteiger partial charge in [-0.1, -0.05) is 38.5 Å². The molecule has 2 aromatic rings. The molecule has 1 aliphatic carbocycles. The SMILES string of the molecule is Cc1cc(C[n+]2ccc(CC(CCCCCCCCC(=O)N(C)CC3(CO)CCCC3)=NC#N)cc2)cc(NCC(=O)CN2C(=O)C=CC2=O)c1OC1OCC(O)[C@H](O)[C@@H]1O. The monoisotopic (exact) mass is 845 g/mol. The van der Waals surface area contributed by atoms with Crippen molar-refractivity contribution in [2.45, 2.75) is 122 Å². The molecule has 1 saturated carbocycles. The molecule has 2 aliphatic heterocycles. The molecule has 16 nitrogen and oxygen atoms in total. The summed E-state index contributed by atoms with van der Waals surface area (Å²) in [5.41, 5.74) is 3.52. The minimum absolute atomic E-state index is 0.122. The average molecular weight is 846 g/mol. The minimum Gasteiger partial charge on any atom is -0.460 e. The summed E-state index contributed by atoms with van der Waals surface area (Å²) in [7, 11) is 1.85. The first-order valence-corrected chi connectivity index (χ1v) is 21.3. The number of aromatic nitrogens is 1. The molecule has 3 amide bonds. The Bertz CT molecular complexity index is 1920. The van der Waals surface area contributed by atoms with E-state index in [1.807, 2.05) is 48.4 Å². The van der Waals surface area contributed by atoms with Gasteiger partial charge in [-0.2, -0.15) is 10.3 Å². The highest BCUT2D eigenvalue weighted by Gasteiger charge is 2.40. The number of aliphatic imine (C=N–C) groups is 1. The number of rotatable bonds is 23. The number of Topliss-reactive ketones (excluding diaryl/α,β-unsaturated/α-hetero) is 1. The number of unbranched alkanes of at least 4 members (excludes halogenated alkanes) is 5. The standard InChI is InChI=1S/C45H61N6O10/c1-31-21-33(23-36(43(31)61-44-42(59)41(58)37(54)27-60-44)47-24-35(53)26-51-39(56)13-14-40(51)57)25-50-19-15-32(16-20-50)22-34(48-30-46)11-7-5-3-4-6-8-12-38(55)49(2)28-45(29-52)17-9-10-18-45/h13-16,19-21,23,37,41-42,44,47,52,54,58-59H,3-12,17-18,22,24-29H2,1-2H3/q+1/t37?,41-,42-,44?/m0/s1. The highest BCUT2D eigenvalue weighted by Crippen LogP contribution is 2.38. The lowest BCUT2D eigenvalue weighted by Crippen LogP contribution is -2.54. The first kappa shape index (κ1) is 47.0. The molecule has 5 N–H and O–H groups in total. The van der Waals surface area contributed by atoms with E-state index in [0.29, 0.717) is 43.6 Å². The molecule has 4 atom stereocenters. The molecule has 3 aliphatic rings. The number of amides is 3. The molecule has 330 valence electrons. The number of carbonyl (C=O) groups excluding carboxylic acids is 4. The maximum atomic E-state index is 12.9. The van der Waals surface area contributed by atoms with Crippen LogP contribution in [-0.4, -0.2) is 124 Å². The smallest absolute Gasteiger partial charge is 0.254 e. The number of pyridine rings is 1. The summed E-state index contributed by atoms with van der Waals surface area (Å²) in [6.07, 6.45) is 14.2. The fourth-order valence-electron chi connectivity index (χ4n) is 8.24. The van der Waals surface area contributed by atoms with Crippen molar-refractivity contribution in [3.8, 4) is 11.9 Å². The second kappa shape index (κ2) is 22.7. The largest absolute Gasteiger partial charge is 0.460 e. The average Bonchev–Trinajstić information content (AvgIpc) is 3.84. The van der Waals surface area contributed by atoms with Gasteiger partial charge in [-0.05, 0) is 62.3 Å². The Morgan fingerprint density at radius 2 is 1.66 bits per heavy atom. The van der Waals surface area contributed by atoms with Gasteiger partial charge in [-0.3, -0.25) is 24.1 Å². The van der Waals surface area contributed by atoms with E-state index in [9.17, 15) is 44.9 Å². The Labute approximate surface area is 357 Å². The number of nitrogens with one attached hydrogen (secondary N) is 1. The third kappa shape index (κ3) is 13.5. The van der Waals surface area contributed by atoms with Gasteiger partial charge in [0.15, 0.2) is 24.7 Å². The van der Waals surface area contributed by atoms with Crippen LogP contribution in [0, 0.1) is 23.8 Å². The van der Waals surface area contributed by atoms with E-state index in [-0.39, 0.29) is 36.8 Å². The number of aliphatic hydroxyl groups is 4. The molecule has 1 saturated heterocycles. The van der Waals surface area contributed by atoms with Crippen LogP contribution in [0.15, 0.2) is 53.8 Å². The lowest BCUT2D eigenvalue weighted by atomic mass is 9.86. The van der Waals surface area contributed by atoms with Crippen LogP contribution >= 0.6 is 0 Å². The Morgan fingerprint density at radius 3 is 2.31 bits per heavy atom. The van der Waals surface area contributed by atoms with E-state index in [1.165, 1.54) is 0 Å². The number of nitriles is 1. The van der Waals surface area contributed by atoms with Crippen molar-refractivity contribution in [1.29, 1.82) is 5.26 Å². The highest BCUT2D eigenvalue weighted by molar-refractivity contribution is 6.14. The second-order valence-electron chi connectivity index (χ2n) is 16.7. The maximum Gasteiger partial charge on any atom is 0.254 e. The first-order chi connectivity index (χ1) is 29.3. The molecule has 5 rings (SSSR count). The maximum absolute atomic E-state index is 12.9. The third-order valence-corrected chi connectivity index (χ3v) is 11.8. The number of anilines is 1. The molecule has 0 bridgehead atoms. The molecular formula is C45H61N6O10+. The summed E-state index contributed by atoms with van der Waals surface area (Å²) in [6, 6.07) is 7.59. The summed E-state index contributed by atoms with van der Waals surface area (Å²) in [5, 5.41) is 52.9. The molecule has 1 aromatic heterocycles. The summed E-state index contributed by atoms with van der Waals surface area (Å²) in [6.45, 7) is 2.04. The van der Waals surface area contributed by atoms with Crippen LogP contribution in [0.1, 0.15) is 93.7 Å². The van der Waals surface area contributed by atoms with Crippen LogP contribution in [0.4, 0.5) is 5.69 Å². The van der Waals surface area contributed by atoms with Crippen molar-refractivity contribution in [2.75, 3.05) is 45.2 Å². The number of aliphatic hydroxyl groups excluding tert-OH is 4. The van der Waals surface area contributed by atoms with Crippen molar-refractivity contribution >= 4 is 34.9 Å². The van der Waals surface area contributed by atoms with Crippen LogP contribution < -0.4 is 14.6 Å². The van der Waals surface area contributed by atoms with Gasteiger partial charge in [0.25, 0.3) is 11.8 Å². The number of hydrogen-bond acceptors (Lipinski definition) is 13. The Kier molecular flexibility index (Phi) is 17.5. The molecule has 3 heterocycles. The lowest BCUT2D eigenvalue weighted by molar-refractivity contribution is -0.688. The molecule has 2 fully saturated rings. The number of nitrogens with zero attached hydrogens (tertiary/aromatic N) is 5. The van der Waals surface area contributed by atoms with Gasteiger partial charge in [-0.15, -0.1) is 0 Å². The summed E-state index contributed by atoms with van der Waals surface area (Å²) in [4.78, 5) is 56.3. The second-order valence-corrected chi connectivity index (χ2v) is 16.7. The predicted molar refractivity (Wildman–Crippen MR) is 224 cm³/mol. The molecular weight excluding hydrogens is 785 g/mol. The minimum atomic E-state index is -1.55. The predicted octanol–water partition coefficient (Wildman–Crippen LogP) is 2.65. The first-order valence-electron chi connectivity index (χ1n) is 21.3. The Balaban J connectivity index is 1.10. The van der Waals surface area contributed by atoms with E-state index in [1.54, 1.807) is 17.9 Å². The number of aryl methyl sites for hydroxylation is 1. The van der Waals surface area contributed by atoms with Crippen LogP contribution in [0.5, 0.6) is 5.75 Å². The van der Waals surface area contributed by atoms with Crippen LogP contribution in [0.3, 0.4) is 0 Å². The van der Waals surface area contributed by atoms with Gasteiger partial charge in [0.05, 0.1) is 32.0 Å². The zero-order valence-corrected chi connectivity index (χ0v) is 35.3. The van der Waals surface area contributed by atoms with Gasteiger partial charge in [0, 0.05) is 67.4 Å². The van der Waals surface area contributed by atoms with E-state index in [4.69, 9.17) is 9.47 Å². The van der Waals surface area contributed by atoms with Crippen molar-refractivity contribution in [1.82, 2.24) is 9.80 Å². The number of hydrogen-bond donors (Lipinski definition) is 5. The van der Waals surface area contributed by atoms with Gasteiger partial charge in [0.2, 0.25) is 18.4 Å². The van der Waals surface area contributed by atoms with Crippen LogP contribution in [-0.2, 0) is 36.9 Å². The van der Waals surface area contributed by atoms with E-state index in [0.717, 1.165) is 98.1 Å². The zero-order chi connectivity index (χ0) is 43.9. The van der Waals surface area contributed by atoms with Gasteiger partial charge in [0.1, 0.15) is 24.1 Å². The normalized spacial score (nSPS) is 21.1. The third-order valence-electron chi connectivity index (χ3n) is 11.8. The summed E-state index contributed by atoms with van der Waals surface area (Å²) in [5.74, 6) is -1.18. The number of ether oxygens (including phenoxy) is 2. The van der Waals surface area contributed by atoms with Gasteiger partial charge < -0.3 is 40.1 Å². The number of benzene rings is 1. The van der Waals surface area contributed by atoms with Gasteiger partial charge in [-0.25, -0.2) is 4.57 Å². The Hall–Kier alpha value is -5.05. The van der Waals surface area contributed by atoms with Crippen LogP contribution in [0.25, 0.3) is 0 Å². The van der Waals surface area contributed by atoms with Crippen molar-refractivity contribution in [3.63, 3.8) is 0 Å². The number of carbonyl (C=O) groups is 4. The zero-order valence-electron chi connectivity index (χ0n) is 35.3. The van der Waals surface area contributed by atoms with Crippen molar-refractivity contribution in [2.24, 2.45) is 10.4 Å². The molecule has 1 aromatic carbocycles. The number of ketones is 1. The summed E-state index contributed by atoms with van der Waals surface area (Å²) >= 11 is 0. The number of imide groups is 1. The van der Waals surface area contributed by atoms with Crippen molar-refractivity contribution in [3.05, 3.63) is 65.5 Å². The Morgan fingerprint density at radius 1 is 1.00 bits per heavy atom. The van der Waals surface area contributed by atoms with E-state index >= 15 is 0 Å². The molecule has 16 heteroatoms. The fraction of sp³-hybridized carbons (Fsp3) is 0.578. The highest BCUT2D eigenvalue weighted by atomic mass is 16.7. The molecule has 0 radical (unpaired) electrons. The van der Waals surface area contributed by atoms with Crippen LogP contribution in [0.2, 0.25) is 0 Å². The molecule has 2 unspecified atom stereocenters. The topological polar surface area (TPSA) is 226 Å². The van der Waals surface area contributed by atoms with Gasteiger partial charge >= 0.3 is 0 Å². The fourth-order valence-corrected chi connectivity index (χ4v) is 8.24. The summed E-state index contributed by atoms with van der Waals surface area (Å²) < 4.78 is 13.4. The molecule has 0 spiro atoms.